The summed E-state index contributed by atoms with van der Waals surface area (Å²) in [5, 5.41) is 0.225. The normalized spacial score (nSPS) is 17.7. The number of hydrogen-bond acceptors (Lipinski definition) is 3. The van der Waals surface area contributed by atoms with Crippen LogP contribution in [0.25, 0.3) is 10.9 Å². The minimum Gasteiger partial charge on any atom is -0.306 e. The van der Waals surface area contributed by atoms with E-state index in [1.807, 2.05) is 7.05 Å². The van der Waals surface area contributed by atoms with Crippen molar-refractivity contribution in [2.45, 2.75) is 18.9 Å². The Bertz CT molecular complexity index is 757. The quantitative estimate of drug-likeness (QED) is 0.849. The topological polar surface area (TPSA) is 58.1 Å². The number of aromatic amines is 1. The van der Waals surface area contributed by atoms with Gasteiger partial charge in [-0.1, -0.05) is 6.07 Å². The van der Waals surface area contributed by atoms with Gasteiger partial charge >= 0.3 is 5.69 Å². The van der Waals surface area contributed by atoms with Crippen LogP contribution < -0.4 is 11.2 Å². The fraction of sp³-hybridized carbons (Fsp3) is 0.429. The van der Waals surface area contributed by atoms with Gasteiger partial charge in [0.1, 0.15) is 5.82 Å². The van der Waals surface area contributed by atoms with E-state index in [1.165, 1.54) is 16.7 Å². The molecule has 106 valence electrons. The second-order valence-electron chi connectivity index (χ2n) is 5.30. The van der Waals surface area contributed by atoms with Gasteiger partial charge < -0.3 is 9.88 Å². The first-order chi connectivity index (χ1) is 9.58. The summed E-state index contributed by atoms with van der Waals surface area (Å²) < 4.78 is 14.9. The lowest BCUT2D eigenvalue weighted by Crippen LogP contribution is -2.42. The smallest absolute Gasteiger partial charge is 0.306 e. The number of H-pyrrole nitrogens is 1. The van der Waals surface area contributed by atoms with E-state index in [4.69, 9.17) is 0 Å². The van der Waals surface area contributed by atoms with Crippen molar-refractivity contribution in [3.63, 3.8) is 0 Å². The van der Waals surface area contributed by atoms with Gasteiger partial charge in [0, 0.05) is 6.04 Å². The number of fused-ring (bicyclic) bond motifs is 1. The summed E-state index contributed by atoms with van der Waals surface area (Å²) in [5.41, 5.74) is -0.938. The van der Waals surface area contributed by atoms with Gasteiger partial charge in [0.2, 0.25) is 0 Å². The highest BCUT2D eigenvalue weighted by Crippen LogP contribution is 2.19. The van der Waals surface area contributed by atoms with Crippen molar-refractivity contribution in [2.24, 2.45) is 0 Å². The number of rotatable bonds is 1. The Morgan fingerprint density at radius 3 is 2.65 bits per heavy atom. The predicted molar refractivity (Wildman–Crippen MR) is 74.6 cm³/mol. The molecular formula is C14H16FN3O2. The molecule has 0 spiro atoms. The third-order valence-electron chi connectivity index (χ3n) is 3.97. The van der Waals surface area contributed by atoms with Crippen molar-refractivity contribution in [3.8, 4) is 0 Å². The van der Waals surface area contributed by atoms with Crippen LogP contribution in [-0.2, 0) is 0 Å². The van der Waals surface area contributed by atoms with Crippen LogP contribution in [0, 0.1) is 5.82 Å². The maximum Gasteiger partial charge on any atom is 0.329 e. The minimum atomic E-state index is -0.577. The van der Waals surface area contributed by atoms with Crippen molar-refractivity contribution in [2.75, 3.05) is 20.1 Å². The summed E-state index contributed by atoms with van der Waals surface area (Å²) in [6.45, 7) is 1.69. The standard InChI is InChI=1S/C14H16FN3O2/c1-17-7-5-9(6-8-17)18-13(19)10-3-2-4-11(15)12(10)16-14(18)20/h2-4,9H,5-8H2,1H3,(H,16,20). The number of benzene rings is 1. The lowest BCUT2D eigenvalue weighted by atomic mass is 10.1. The molecule has 0 amide bonds. The fourth-order valence-corrected chi connectivity index (χ4v) is 2.80. The summed E-state index contributed by atoms with van der Waals surface area (Å²) in [7, 11) is 2.01. The van der Waals surface area contributed by atoms with Crippen LogP contribution in [0.1, 0.15) is 18.9 Å². The Hall–Kier alpha value is -1.95. The molecule has 2 heterocycles. The van der Waals surface area contributed by atoms with Gasteiger partial charge in [-0.3, -0.25) is 9.36 Å². The largest absolute Gasteiger partial charge is 0.329 e. The highest BCUT2D eigenvalue weighted by molar-refractivity contribution is 5.77. The van der Waals surface area contributed by atoms with Crippen molar-refractivity contribution in [1.29, 1.82) is 0 Å². The van der Waals surface area contributed by atoms with Gasteiger partial charge in [0.15, 0.2) is 0 Å². The zero-order valence-corrected chi connectivity index (χ0v) is 11.2. The number of nitrogens with one attached hydrogen (secondary N) is 1. The second-order valence-corrected chi connectivity index (χ2v) is 5.30. The van der Waals surface area contributed by atoms with E-state index >= 15 is 0 Å². The predicted octanol–water partition coefficient (Wildman–Crippen LogP) is 1.10. The van der Waals surface area contributed by atoms with Crippen LogP contribution in [0.5, 0.6) is 0 Å². The van der Waals surface area contributed by atoms with E-state index in [-0.39, 0.29) is 16.9 Å². The Morgan fingerprint density at radius 2 is 1.95 bits per heavy atom. The average Bonchev–Trinajstić information content (AvgIpc) is 2.42. The number of hydrogen-bond donors (Lipinski definition) is 1. The molecule has 0 aliphatic carbocycles. The Morgan fingerprint density at radius 1 is 1.25 bits per heavy atom. The summed E-state index contributed by atoms with van der Waals surface area (Å²) in [6, 6.07) is 4.14. The molecule has 0 radical (unpaired) electrons. The lowest BCUT2D eigenvalue weighted by Gasteiger charge is -2.29. The fourth-order valence-electron chi connectivity index (χ4n) is 2.80. The molecule has 0 bridgehead atoms. The molecule has 1 saturated heterocycles. The number of likely N-dealkylation sites (tertiary alicyclic amines) is 1. The third-order valence-corrected chi connectivity index (χ3v) is 3.97. The summed E-state index contributed by atoms with van der Waals surface area (Å²) >= 11 is 0. The molecule has 5 nitrogen and oxygen atoms in total. The van der Waals surface area contributed by atoms with Crippen LogP contribution in [0.4, 0.5) is 4.39 Å². The number of aromatic nitrogens is 2. The molecule has 1 aromatic heterocycles. The van der Waals surface area contributed by atoms with Crippen LogP contribution in [-0.4, -0.2) is 34.6 Å². The SMILES string of the molecule is CN1CCC(n2c(=O)[nH]c3c(F)cccc3c2=O)CC1. The van der Waals surface area contributed by atoms with Crippen LogP contribution >= 0.6 is 0 Å². The zero-order chi connectivity index (χ0) is 14.3. The molecule has 0 unspecified atom stereocenters. The second kappa shape index (κ2) is 4.86. The van der Waals surface area contributed by atoms with E-state index in [0.29, 0.717) is 0 Å². The molecular weight excluding hydrogens is 261 g/mol. The third kappa shape index (κ3) is 2.06. The molecule has 1 N–H and O–H groups in total. The van der Waals surface area contributed by atoms with Crippen LogP contribution in [0.15, 0.2) is 27.8 Å². The maximum absolute atomic E-state index is 13.6. The maximum atomic E-state index is 13.6. The average molecular weight is 277 g/mol. The minimum absolute atomic E-state index is 0.00771. The number of halogens is 1. The number of para-hydroxylation sites is 1. The number of nitrogens with zero attached hydrogens (tertiary/aromatic N) is 2. The Kier molecular flexibility index (Phi) is 3.17. The van der Waals surface area contributed by atoms with Crippen molar-refractivity contribution in [1.82, 2.24) is 14.5 Å². The van der Waals surface area contributed by atoms with Crippen LogP contribution in [0.2, 0.25) is 0 Å². The van der Waals surface area contributed by atoms with Gasteiger partial charge in [-0.05, 0) is 45.1 Å². The molecule has 3 rings (SSSR count). The monoisotopic (exact) mass is 277 g/mol. The molecule has 1 fully saturated rings. The number of piperidine rings is 1. The van der Waals surface area contributed by atoms with Crippen molar-refractivity contribution < 1.29 is 4.39 Å². The molecule has 2 aromatic rings. The lowest BCUT2D eigenvalue weighted by molar-refractivity contribution is 0.216. The van der Waals surface area contributed by atoms with E-state index < -0.39 is 17.1 Å². The van der Waals surface area contributed by atoms with Crippen LogP contribution in [0.3, 0.4) is 0 Å². The zero-order valence-electron chi connectivity index (χ0n) is 11.2. The van der Waals surface area contributed by atoms with Gasteiger partial charge in [0.25, 0.3) is 5.56 Å². The molecule has 0 saturated carbocycles. The molecule has 1 aliphatic heterocycles. The van der Waals surface area contributed by atoms with Crippen molar-refractivity contribution in [3.05, 3.63) is 44.9 Å². The first-order valence-corrected chi connectivity index (χ1v) is 6.69. The molecule has 20 heavy (non-hydrogen) atoms. The van der Waals surface area contributed by atoms with Gasteiger partial charge in [0.05, 0.1) is 10.9 Å². The summed E-state index contributed by atoms with van der Waals surface area (Å²) in [6.07, 6.45) is 1.50. The Labute approximate surface area is 114 Å². The highest BCUT2D eigenvalue weighted by atomic mass is 19.1. The summed E-state index contributed by atoms with van der Waals surface area (Å²) in [5.74, 6) is -0.577. The van der Waals surface area contributed by atoms with Gasteiger partial charge in [-0.15, -0.1) is 0 Å². The van der Waals surface area contributed by atoms with E-state index in [0.717, 1.165) is 25.9 Å². The van der Waals surface area contributed by atoms with E-state index in [2.05, 4.69) is 9.88 Å². The van der Waals surface area contributed by atoms with Gasteiger partial charge in [-0.2, -0.15) is 0 Å². The van der Waals surface area contributed by atoms with Gasteiger partial charge in [-0.25, -0.2) is 9.18 Å². The first-order valence-electron chi connectivity index (χ1n) is 6.69. The first kappa shape index (κ1) is 13.1. The molecule has 6 heteroatoms. The van der Waals surface area contributed by atoms with Crippen molar-refractivity contribution >= 4 is 10.9 Å². The molecule has 1 aliphatic rings. The molecule has 1 aromatic carbocycles. The van der Waals surface area contributed by atoms with E-state index in [1.54, 1.807) is 6.07 Å². The summed E-state index contributed by atoms with van der Waals surface area (Å²) in [4.78, 5) is 29.2. The van der Waals surface area contributed by atoms with E-state index in [9.17, 15) is 14.0 Å². The Balaban J connectivity index is 2.17. The highest BCUT2D eigenvalue weighted by Gasteiger charge is 2.22. The molecule has 0 atom stereocenters.